The van der Waals surface area contributed by atoms with E-state index in [0.717, 1.165) is 6.54 Å². The summed E-state index contributed by atoms with van der Waals surface area (Å²) >= 11 is 0. The Bertz CT molecular complexity index is 481. The van der Waals surface area contributed by atoms with E-state index >= 15 is 0 Å². The molecule has 1 saturated heterocycles. The highest BCUT2D eigenvalue weighted by Crippen LogP contribution is 2.25. The van der Waals surface area contributed by atoms with E-state index in [1.54, 1.807) is 0 Å². The largest absolute Gasteiger partial charge is 0.310 e. The van der Waals surface area contributed by atoms with Crippen LogP contribution in [0, 0.1) is 0 Å². The fourth-order valence-electron chi connectivity index (χ4n) is 2.67. The van der Waals surface area contributed by atoms with E-state index in [2.05, 4.69) is 59.9 Å². The molecule has 1 N–H and O–H groups in total. The lowest BCUT2D eigenvalue weighted by atomic mass is 9.95. The smallest absolute Gasteiger partial charge is 0.0320 e. The fraction of sp³-hybridized carbons (Fsp3) is 0.294. The molecule has 1 nitrogen and oxygen atoms in total. The molecule has 0 aromatic heterocycles. The van der Waals surface area contributed by atoms with Gasteiger partial charge in [-0.15, -0.1) is 0 Å². The molecule has 0 bridgehead atoms. The molecule has 2 aromatic carbocycles. The normalized spacial score (nSPS) is 19.7. The van der Waals surface area contributed by atoms with Crippen LogP contribution < -0.4 is 5.32 Å². The Kier molecular flexibility index (Phi) is 3.42. The first-order valence-corrected chi connectivity index (χ1v) is 6.82. The Morgan fingerprint density at radius 1 is 0.778 bits per heavy atom. The van der Waals surface area contributed by atoms with Gasteiger partial charge < -0.3 is 5.32 Å². The molecule has 1 heteroatoms. The molecule has 3 rings (SSSR count). The van der Waals surface area contributed by atoms with E-state index in [-0.39, 0.29) is 0 Å². The molecule has 1 aliphatic heterocycles. The van der Waals surface area contributed by atoms with Gasteiger partial charge in [-0.3, -0.25) is 0 Å². The van der Waals surface area contributed by atoms with Crippen LogP contribution in [0.5, 0.6) is 0 Å². The molecule has 1 unspecified atom stereocenters. The van der Waals surface area contributed by atoms with E-state index in [0.29, 0.717) is 6.04 Å². The van der Waals surface area contributed by atoms with Gasteiger partial charge in [-0.1, -0.05) is 61.0 Å². The molecule has 92 valence electrons. The minimum Gasteiger partial charge on any atom is -0.310 e. The highest BCUT2D eigenvalue weighted by molar-refractivity contribution is 5.63. The van der Waals surface area contributed by atoms with E-state index in [1.807, 2.05) is 0 Å². The molecule has 1 aliphatic rings. The van der Waals surface area contributed by atoms with Gasteiger partial charge in [-0.25, -0.2) is 0 Å². The molecule has 1 fully saturated rings. The Hall–Kier alpha value is -1.60. The summed E-state index contributed by atoms with van der Waals surface area (Å²) < 4.78 is 0. The second-order valence-electron chi connectivity index (χ2n) is 4.99. The van der Waals surface area contributed by atoms with Crippen molar-refractivity contribution >= 4 is 0 Å². The zero-order valence-electron chi connectivity index (χ0n) is 10.6. The molecule has 0 radical (unpaired) electrons. The third-order valence-electron chi connectivity index (χ3n) is 3.73. The van der Waals surface area contributed by atoms with Gasteiger partial charge in [0, 0.05) is 6.04 Å². The average Bonchev–Trinajstić information content (AvgIpc) is 2.49. The highest BCUT2D eigenvalue weighted by atomic mass is 14.9. The van der Waals surface area contributed by atoms with E-state index in [1.165, 1.54) is 36.0 Å². The summed E-state index contributed by atoms with van der Waals surface area (Å²) in [5.74, 6) is 0. The summed E-state index contributed by atoms with van der Waals surface area (Å²) in [7, 11) is 0. The van der Waals surface area contributed by atoms with Crippen molar-refractivity contribution in [2.75, 3.05) is 6.54 Å². The number of piperidine rings is 1. The van der Waals surface area contributed by atoms with Crippen LogP contribution in [0.25, 0.3) is 11.1 Å². The third-order valence-corrected chi connectivity index (χ3v) is 3.73. The molecule has 1 heterocycles. The minimum absolute atomic E-state index is 0.559. The van der Waals surface area contributed by atoms with Crippen molar-refractivity contribution in [1.82, 2.24) is 5.32 Å². The van der Waals surface area contributed by atoms with Crippen molar-refractivity contribution in [3.05, 3.63) is 60.2 Å². The summed E-state index contributed by atoms with van der Waals surface area (Å²) in [4.78, 5) is 0. The first-order valence-electron chi connectivity index (χ1n) is 6.82. The van der Waals surface area contributed by atoms with Crippen LogP contribution in [-0.2, 0) is 0 Å². The quantitative estimate of drug-likeness (QED) is 0.826. The van der Waals surface area contributed by atoms with E-state index in [9.17, 15) is 0 Å². The zero-order valence-corrected chi connectivity index (χ0v) is 10.6. The van der Waals surface area contributed by atoms with Crippen molar-refractivity contribution in [2.24, 2.45) is 0 Å². The number of benzene rings is 2. The third kappa shape index (κ3) is 2.46. The lowest BCUT2D eigenvalue weighted by Gasteiger charge is -2.24. The van der Waals surface area contributed by atoms with Gasteiger partial charge in [-0.05, 0) is 36.1 Å². The van der Waals surface area contributed by atoms with Crippen molar-refractivity contribution in [3.8, 4) is 11.1 Å². The standard InChI is InChI=1S/C17H19N/c1-2-6-14(7-3-1)15-9-11-16(12-10-15)17-8-4-5-13-18-17/h1-3,6-7,9-12,17-18H,4-5,8,13H2. The van der Waals surface area contributed by atoms with Crippen molar-refractivity contribution in [3.63, 3.8) is 0 Å². The van der Waals surface area contributed by atoms with Gasteiger partial charge in [0.25, 0.3) is 0 Å². The zero-order chi connectivity index (χ0) is 12.2. The van der Waals surface area contributed by atoms with Crippen LogP contribution in [0.3, 0.4) is 0 Å². The molecular weight excluding hydrogens is 218 g/mol. The van der Waals surface area contributed by atoms with Crippen LogP contribution >= 0.6 is 0 Å². The van der Waals surface area contributed by atoms with Crippen LogP contribution in [0.15, 0.2) is 54.6 Å². The Balaban J connectivity index is 1.80. The van der Waals surface area contributed by atoms with Gasteiger partial charge in [0.2, 0.25) is 0 Å². The van der Waals surface area contributed by atoms with Gasteiger partial charge in [0.1, 0.15) is 0 Å². The molecule has 0 amide bonds. The minimum atomic E-state index is 0.559. The number of hydrogen-bond donors (Lipinski definition) is 1. The lowest BCUT2D eigenvalue weighted by molar-refractivity contribution is 0.412. The number of rotatable bonds is 2. The molecule has 0 saturated carbocycles. The van der Waals surface area contributed by atoms with Crippen LogP contribution in [0.1, 0.15) is 30.9 Å². The predicted octanol–water partition coefficient (Wildman–Crippen LogP) is 4.17. The average molecular weight is 237 g/mol. The second kappa shape index (κ2) is 5.36. The summed E-state index contributed by atoms with van der Waals surface area (Å²) in [6, 6.07) is 20.1. The van der Waals surface area contributed by atoms with Gasteiger partial charge in [0.15, 0.2) is 0 Å². The summed E-state index contributed by atoms with van der Waals surface area (Å²) in [5.41, 5.74) is 4.02. The second-order valence-corrected chi connectivity index (χ2v) is 4.99. The highest BCUT2D eigenvalue weighted by Gasteiger charge is 2.14. The topological polar surface area (TPSA) is 12.0 Å². The summed E-state index contributed by atoms with van der Waals surface area (Å²) in [5, 5.41) is 3.59. The van der Waals surface area contributed by atoms with Gasteiger partial charge in [0.05, 0.1) is 0 Å². The Labute approximate surface area is 109 Å². The van der Waals surface area contributed by atoms with Crippen molar-refractivity contribution < 1.29 is 0 Å². The SMILES string of the molecule is c1ccc(-c2ccc(C3CCCCN3)cc2)cc1. The van der Waals surface area contributed by atoms with Crippen molar-refractivity contribution in [1.29, 1.82) is 0 Å². The lowest BCUT2D eigenvalue weighted by Crippen LogP contribution is -2.26. The molecule has 0 aliphatic carbocycles. The molecule has 2 aromatic rings. The monoisotopic (exact) mass is 237 g/mol. The van der Waals surface area contributed by atoms with Gasteiger partial charge in [-0.2, -0.15) is 0 Å². The maximum Gasteiger partial charge on any atom is 0.0320 e. The predicted molar refractivity (Wildman–Crippen MR) is 76.5 cm³/mol. The van der Waals surface area contributed by atoms with Crippen LogP contribution in [0.2, 0.25) is 0 Å². The molecule has 0 spiro atoms. The summed E-state index contributed by atoms with van der Waals surface area (Å²) in [6.07, 6.45) is 3.93. The fourth-order valence-corrected chi connectivity index (χ4v) is 2.67. The van der Waals surface area contributed by atoms with E-state index in [4.69, 9.17) is 0 Å². The molecule has 18 heavy (non-hydrogen) atoms. The van der Waals surface area contributed by atoms with Crippen molar-refractivity contribution in [2.45, 2.75) is 25.3 Å². The first-order chi connectivity index (χ1) is 8.93. The van der Waals surface area contributed by atoms with Crippen LogP contribution in [0.4, 0.5) is 0 Å². The summed E-state index contributed by atoms with van der Waals surface area (Å²) in [6.45, 7) is 1.16. The Morgan fingerprint density at radius 2 is 1.50 bits per heavy atom. The van der Waals surface area contributed by atoms with Gasteiger partial charge >= 0.3 is 0 Å². The maximum absolute atomic E-state index is 3.59. The Morgan fingerprint density at radius 3 is 2.17 bits per heavy atom. The molecular formula is C17H19N. The molecule has 1 atom stereocenters. The number of nitrogens with one attached hydrogen (secondary N) is 1. The maximum atomic E-state index is 3.59. The van der Waals surface area contributed by atoms with E-state index < -0.39 is 0 Å². The first kappa shape index (κ1) is 11.5. The van der Waals surface area contributed by atoms with Crippen LogP contribution in [-0.4, -0.2) is 6.54 Å². The number of hydrogen-bond acceptors (Lipinski definition) is 1.